The summed E-state index contributed by atoms with van der Waals surface area (Å²) in [6.07, 6.45) is 0.144. The molecule has 0 aliphatic heterocycles. The molecule has 1 atom stereocenters. The molecule has 0 aromatic carbocycles. The lowest BCUT2D eigenvalue weighted by molar-refractivity contribution is -0.0240. The highest BCUT2D eigenvalue weighted by molar-refractivity contribution is 5.06. The fraction of sp³-hybridized carbons (Fsp3) is 1.00. The summed E-state index contributed by atoms with van der Waals surface area (Å²) in [6, 6.07) is 0. The predicted octanol–water partition coefficient (Wildman–Crippen LogP) is 2.81. The zero-order valence-electron chi connectivity index (χ0n) is 8.66. The molecule has 0 aromatic rings. The summed E-state index contributed by atoms with van der Waals surface area (Å²) in [5.74, 6) is 0. The van der Waals surface area contributed by atoms with Crippen molar-refractivity contribution in [1.82, 2.24) is 5.32 Å². The van der Waals surface area contributed by atoms with Crippen molar-refractivity contribution in [2.45, 2.75) is 52.0 Å². The zero-order chi connectivity index (χ0) is 10.1. The van der Waals surface area contributed by atoms with E-state index in [1.54, 1.807) is 0 Å². The Bertz CT molecular complexity index is 180. The molecule has 1 fully saturated rings. The Kier molecular flexibility index (Phi) is 2.95. The van der Waals surface area contributed by atoms with Gasteiger partial charge in [0.05, 0.1) is 5.54 Å². The summed E-state index contributed by atoms with van der Waals surface area (Å²) in [5, 5.41) is 3.00. The van der Waals surface area contributed by atoms with E-state index in [1.165, 1.54) is 0 Å². The van der Waals surface area contributed by atoms with Gasteiger partial charge in [0.1, 0.15) is 0 Å². The average Bonchev–Trinajstić information content (AvgIpc) is 2.28. The lowest BCUT2D eigenvalue weighted by Gasteiger charge is -2.41. The third-order valence-electron chi connectivity index (χ3n) is 3.45. The van der Waals surface area contributed by atoms with Gasteiger partial charge in [-0.25, -0.2) is 8.78 Å². The maximum atomic E-state index is 13.0. The first-order valence-corrected chi connectivity index (χ1v) is 4.99. The Morgan fingerprint density at radius 1 is 1.31 bits per heavy atom. The molecule has 0 heterocycles. The second kappa shape index (κ2) is 3.52. The van der Waals surface area contributed by atoms with E-state index in [0.717, 1.165) is 12.8 Å². The van der Waals surface area contributed by atoms with Gasteiger partial charge < -0.3 is 5.32 Å². The van der Waals surface area contributed by atoms with Crippen LogP contribution in [0, 0.1) is 5.41 Å². The van der Waals surface area contributed by atoms with Crippen molar-refractivity contribution in [2.75, 3.05) is 6.54 Å². The third kappa shape index (κ3) is 1.58. The summed E-state index contributed by atoms with van der Waals surface area (Å²) < 4.78 is 26.0. The van der Waals surface area contributed by atoms with E-state index in [-0.39, 0.29) is 5.41 Å². The highest BCUT2D eigenvalue weighted by Gasteiger charge is 2.54. The van der Waals surface area contributed by atoms with Gasteiger partial charge in [0.15, 0.2) is 0 Å². The van der Waals surface area contributed by atoms with Crippen molar-refractivity contribution in [1.29, 1.82) is 0 Å². The van der Waals surface area contributed by atoms with E-state index in [1.807, 2.05) is 20.8 Å². The van der Waals surface area contributed by atoms with Crippen molar-refractivity contribution in [3.05, 3.63) is 0 Å². The fourth-order valence-corrected chi connectivity index (χ4v) is 2.50. The Balaban J connectivity index is 2.89. The van der Waals surface area contributed by atoms with Gasteiger partial charge in [-0.2, -0.15) is 0 Å². The molecule has 0 radical (unpaired) electrons. The van der Waals surface area contributed by atoms with E-state index in [0.29, 0.717) is 13.0 Å². The van der Waals surface area contributed by atoms with Gasteiger partial charge >= 0.3 is 0 Å². The Labute approximate surface area is 78.9 Å². The van der Waals surface area contributed by atoms with Gasteiger partial charge in [0, 0.05) is 0 Å². The minimum absolute atomic E-state index is 0.281. The monoisotopic (exact) mass is 191 g/mol. The van der Waals surface area contributed by atoms with Crippen LogP contribution in [0.25, 0.3) is 0 Å². The second-order valence-corrected chi connectivity index (χ2v) is 4.54. The fourth-order valence-electron chi connectivity index (χ4n) is 2.50. The topological polar surface area (TPSA) is 12.0 Å². The van der Waals surface area contributed by atoms with Crippen LogP contribution in [0.4, 0.5) is 8.78 Å². The Morgan fingerprint density at radius 3 is 2.23 bits per heavy atom. The maximum Gasteiger partial charge on any atom is 0.257 e. The van der Waals surface area contributed by atoms with Crippen molar-refractivity contribution < 1.29 is 8.78 Å². The van der Waals surface area contributed by atoms with Gasteiger partial charge in [-0.05, 0) is 24.8 Å². The van der Waals surface area contributed by atoms with E-state index in [9.17, 15) is 8.78 Å². The number of alkyl halides is 2. The average molecular weight is 191 g/mol. The first kappa shape index (κ1) is 10.9. The Hall–Kier alpha value is -0.180. The molecule has 0 amide bonds. The van der Waals surface area contributed by atoms with Crippen molar-refractivity contribution in [3.63, 3.8) is 0 Å². The molecule has 1 unspecified atom stereocenters. The van der Waals surface area contributed by atoms with Gasteiger partial charge in [-0.3, -0.25) is 0 Å². The maximum absolute atomic E-state index is 13.0. The van der Waals surface area contributed by atoms with Crippen molar-refractivity contribution >= 4 is 0 Å². The highest BCUT2D eigenvalue weighted by atomic mass is 19.3. The van der Waals surface area contributed by atoms with Gasteiger partial charge in [0.2, 0.25) is 0 Å². The summed E-state index contributed by atoms with van der Waals surface area (Å²) >= 11 is 0. The van der Waals surface area contributed by atoms with E-state index in [2.05, 4.69) is 5.32 Å². The number of rotatable bonds is 3. The number of nitrogens with one attached hydrogen (secondary N) is 1. The minimum atomic E-state index is -2.26. The molecule has 1 aliphatic carbocycles. The van der Waals surface area contributed by atoms with Crippen LogP contribution in [0.1, 0.15) is 40.0 Å². The smallest absolute Gasteiger partial charge is 0.257 e. The quantitative estimate of drug-likeness (QED) is 0.723. The summed E-state index contributed by atoms with van der Waals surface area (Å²) in [7, 11) is 0. The minimum Gasteiger partial charge on any atom is -0.306 e. The second-order valence-electron chi connectivity index (χ2n) is 4.54. The van der Waals surface area contributed by atoms with E-state index < -0.39 is 12.0 Å². The zero-order valence-corrected chi connectivity index (χ0v) is 8.66. The lowest BCUT2D eigenvalue weighted by atomic mass is 9.75. The SMILES string of the molecule is CCNC1(C(F)F)CCCC1(C)C. The van der Waals surface area contributed by atoms with Crippen LogP contribution >= 0.6 is 0 Å². The molecule has 13 heavy (non-hydrogen) atoms. The predicted molar refractivity (Wildman–Crippen MR) is 50.0 cm³/mol. The van der Waals surface area contributed by atoms with E-state index in [4.69, 9.17) is 0 Å². The van der Waals surface area contributed by atoms with Crippen LogP contribution in [0.5, 0.6) is 0 Å². The molecule has 0 spiro atoms. The molecule has 1 rings (SSSR count). The number of hydrogen-bond donors (Lipinski definition) is 1. The van der Waals surface area contributed by atoms with Crippen LogP contribution < -0.4 is 5.32 Å². The normalized spacial score (nSPS) is 32.8. The molecule has 3 heteroatoms. The molecule has 0 aromatic heterocycles. The van der Waals surface area contributed by atoms with Gasteiger partial charge in [0.25, 0.3) is 6.43 Å². The van der Waals surface area contributed by atoms with Crippen LogP contribution in [0.2, 0.25) is 0 Å². The molecular weight excluding hydrogens is 172 g/mol. The van der Waals surface area contributed by atoms with Gasteiger partial charge in [-0.1, -0.05) is 27.2 Å². The Morgan fingerprint density at radius 2 is 1.92 bits per heavy atom. The first-order valence-electron chi connectivity index (χ1n) is 4.99. The molecule has 0 bridgehead atoms. The highest BCUT2D eigenvalue weighted by Crippen LogP contribution is 2.48. The molecule has 1 saturated carbocycles. The first-order chi connectivity index (χ1) is 5.96. The molecule has 1 nitrogen and oxygen atoms in total. The molecular formula is C10H19F2N. The van der Waals surface area contributed by atoms with Crippen LogP contribution in [0.3, 0.4) is 0 Å². The molecule has 78 valence electrons. The summed E-state index contributed by atoms with van der Waals surface area (Å²) in [4.78, 5) is 0. The molecule has 1 aliphatic rings. The van der Waals surface area contributed by atoms with Gasteiger partial charge in [-0.15, -0.1) is 0 Å². The van der Waals surface area contributed by atoms with Crippen LogP contribution in [-0.2, 0) is 0 Å². The molecule has 0 saturated heterocycles. The summed E-state index contributed by atoms with van der Waals surface area (Å²) in [6.45, 7) is 6.38. The molecule has 1 N–H and O–H groups in total. The summed E-state index contributed by atoms with van der Waals surface area (Å²) in [5.41, 5.74) is -1.22. The van der Waals surface area contributed by atoms with Crippen molar-refractivity contribution in [3.8, 4) is 0 Å². The standard InChI is InChI=1S/C10H19F2N/c1-4-13-10(8(11)12)7-5-6-9(10,2)3/h8,13H,4-7H2,1-3H3. The lowest BCUT2D eigenvalue weighted by Crippen LogP contribution is -2.58. The van der Waals surface area contributed by atoms with Crippen molar-refractivity contribution in [2.24, 2.45) is 5.41 Å². The number of halogens is 2. The van der Waals surface area contributed by atoms with E-state index >= 15 is 0 Å². The van der Waals surface area contributed by atoms with Crippen LogP contribution in [-0.4, -0.2) is 18.5 Å². The number of hydrogen-bond acceptors (Lipinski definition) is 1. The third-order valence-corrected chi connectivity index (χ3v) is 3.45. The largest absolute Gasteiger partial charge is 0.306 e. The van der Waals surface area contributed by atoms with Crippen LogP contribution in [0.15, 0.2) is 0 Å².